The topological polar surface area (TPSA) is 74.6 Å². The number of carbonyl (C=O) groups excluding carboxylic acids is 2. The zero-order valence-electron chi connectivity index (χ0n) is 20.9. The molecule has 4 heterocycles. The maximum absolute atomic E-state index is 13.6. The number of amides is 2. The van der Waals surface area contributed by atoms with Gasteiger partial charge in [0.15, 0.2) is 0 Å². The van der Waals surface area contributed by atoms with E-state index in [0.717, 1.165) is 49.2 Å². The second-order valence-corrected chi connectivity index (χ2v) is 9.80. The van der Waals surface area contributed by atoms with Crippen LogP contribution in [0.4, 0.5) is 5.69 Å². The molecule has 1 aromatic carbocycles. The Hall–Kier alpha value is -3.52. The molecule has 0 aliphatic carbocycles. The van der Waals surface area contributed by atoms with E-state index < -0.39 is 0 Å². The van der Waals surface area contributed by atoms with Crippen LogP contribution in [0.5, 0.6) is 0 Å². The van der Waals surface area contributed by atoms with E-state index in [-0.39, 0.29) is 24.4 Å². The van der Waals surface area contributed by atoms with Crippen LogP contribution < -0.4 is 4.90 Å². The largest absolute Gasteiger partial charge is 0.335 e. The molecule has 0 saturated carbocycles. The van der Waals surface area contributed by atoms with Crippen LogP contribution in [0.25, 0.3) is 0 Å². The van der Waals surface area contributed by atoms with E-state index in [1.807, 2.05) is 64.7 Å². The lowest BCUT2D eigenvalue weighted by atomic mass is 9.92. The van der Waals surface area contributed by atoms with E-state index in [9.17, 15) is 9.59 Å². The lowest BCUT2D eigenvalue weighted by Crippen LogP contribution is -2.52. The highest BCUT2D eigenvalue weighted by atomic mass is 16.2. The van der Waals surface area contributed by atoms with Crippen LogP contribution in [0.1, 0.15) is 43.9 Å². The fraction of sp³-hybridized carbons (Fsp3) is 0.429. The maximum atomic E-state index is 13.6. The Morgan fingerprint density at radius 3 is 2.58 bits per heavy atom. The van der Waals surface area contributed by atoms with Gasteiger partial charge >= 0.3 is 0 Å². The van der Waals surface area contributed by atoms with E-state index in [1.54, 1.807) is 17.8 Å². The first-order valence-corrected chi connectivity index (χ1v) is 12.9. The molecule has 36 heavy (non-hydrogen) atoms. The van der Waals surface area contributed by atoms with Crippen molar-refractivity contribution in [1.82, 2.24) is 24.6 Å². The summed E-state index contributed by atoms with van der Waals surface area (Å²) >= 11 is 0. The average Bonchev–Trinajstić information content (AvgIpc) is 3.39. The molecule has 0 spiro atoms. The molecular formula is C28H34N6O2. The summed E-state index contributed by atoms with van der Waals surface area (Å²) in [6.07, 6.45) is 9.47. The molecule has 0 radical (unpaired) electrons. The van der Waals surface area contributed by atoms with Crippen LogP contribution in [-0.4, -0.2) is 61.6 Å². The molecule has 188 valence electrons. The second kappa shape index (κ2) is 11.0. The molecule has 2 atom stereocenters. The van der Waals surface area contributed by atoms with Gasteiger partial charge in [-0.2, -0.15) is 5.10 Å². The summed E-state index contributed by atoms with van der Waals surface area (Å²) in [6, 6.07) is 16.4. The molecule has 3 aromatic rings. The summed E-state index contributed by atoms with van der Waals surface area (Å²) in [4.78, 5) is 37.4. The standard InChI is InChI=1S/C28H34N6O2/c1-22(35)33-17-13-25-10-6-11-26(34(25)19-24-9-4-5-14-29-24)20-31(18-23-8-2-3-12-27(23)33)28(36)21-32-16-7-15-30-32/h2-5,7-9,12,14-16,25-26H,6,10-11,13,17-21H2,1H3. The predicted octanol–water partition coefficient (Wildman–Crippen LogP) is 3.49. The van der Waals surface area contributed by atoms with Crippen LogP contribution in [0.15, 0.2) is 67.1 Å². The molecule has 2 aromatic heterocycles. The fourth-order valence-corrected chi connectivity index (χ4v) is 5.64. The first kappa shape index (κ1) is 24.2. The number of rotatable bonds is 4. The number of anilines is 1. The molecule has 1 saturated heterocycles. The first-order chi connectivity index (χ1) is 17.6. The van der Waals surface area contributed by atoms with Crippen molar-refractivity contribution in [1.29, 1.82) is 0 Å². The number of fused-ring (bicyclic) bond motifs is 3. The van der Waals surface area contributed by atoms with Gasteiger partial charge in [0.2, 0.25) is 11.8 Å². The number of hydrogen-bond acceptors (Lipinski definition) is 5. The van der Waals surface area contributed by atoms with Gasteiger partial charge in [-0.15, -0.1) is 0 Å². The number of para-hydroxylation sites is 1. The van der Waals surface area contributed by atoms with Crippen LogP contribution in [0.3, 0.4) is 0 Å². The number of pyridine rings is 1. The molecule has 2 bridgehead atoms. The number of nitrogens with zero attached hydrogens (tertiary/aromatic N) is 6. The Labute approximate surface area is 212 Å². The third-order valence-corrected chi connectivity index (χ3v) is 7.43. The number of hydrogen-bond donors (Lipinski definition) is 0. The van der Waals surface area contributed by atoms with Gasteiger partial charge in [-0.1, -0.05) is 30.7 Å². The van der Waals surface area contributed by atoms with E-state index in [0.29, 0.717) is 25.7 Å². The van der Waals surface area contributed by atoms with Crippen LogP contribution >= 0.6 is 0 Å². The molecular weight excluding hydrogens is 452 g/mol. The summed E-state index contributed by atoms with van der Waals surface area (Å²) < 4.78 is 1.68. The molecule has 2 aliphatic rings. The van der Waals surface area contributed by atoms with Crippen molar-refractivity contribution < 1.29 is 9.59 Å². The van der Waals surface area contributed by atoms with Gasteiger partial charge in [-0.25, -0.2) is 0 Å². The molecule has 8 nitrogen and oxygen atoms in total. The zero-order valence-corrected chi connectivity index (χ0v) is 20.9. The molecule has 0 N–H and O–H groups in total. The highest BCUT2D eigenvalue weighted by Gasteiger charge is 2.34. The minimum atomic E-state index is 0.0275. The monoisotopic (exact) mass is 486 g/mol. The molecule has 5 rings (SSSR count). The summed E-state index contributed by atoms with van der Waals surface area (Å²) in [5, 5.41) is 4.25. The van der Waals surface area contributed by atoms with Crippen molar-refractivity contribution in [3.63, 3.8) is 0 Å². The van der Waals surface area contributed by atoms with Crippen molar-refractivity contribution in [2.45, 2.75) is 64.3 Å². The van der Waals surface area contributed by atoms with Crippen molar-refractivity contribution in [3.8, 4) is 0 Å². The molecule has 2 amide bonds. The molecule has 1 fully saturated rings. The summed E-state index contributed by atoms with van der Waals surface area (Å²) in [6.45, 7) is 4.32. The number of benzene rings is 1. The van der Waals surface area contributed by atoms with Gasteiger partial charge in [-0.05, 0) is 49.1 Å². The Balaban J connectivity index is 1.51. The smallest absolute Gasteiger partial charge is 0.244 e. The van der Waals surface area contributed by atoms with E-state index in [1.165, 1.54) is 0 Å². The predicted molar refractivity (Wildman–Crippen MR) is 138 cm³/mol. The minimum Gasteiger partial charge on any atom is -0.335 e. The second-order valence-electron chi connectivity index (χ2n) is 9.80. The van der Waals surface area contributed by atoms with Crippen LogP contribution in [0, 0.1) is 0 Å². The molecule has 2 aliphatic heterocycles. The fourth-order valence-electron chi connectivity index (χ4n) is 5.64. The zero-order chi connectivity index (χ0) is 24.9. The number of carbonyl (C=O) groups is 2. The van der Waals surface area contributed by atoms with Crippen molar-refractivity contribution in [3.05, 3.63) is 78.4 Å². The quantitative estimate of drug-likeness (QED) is 0.565. The third kappa shape index (κ3) is 5.49. The normalized spacial score (nSPS) is 20.9. The highest BCUT2D eigenvalue weighted by Crippen LogP contribution is 2.31. The maximum Gasteiger partial charge on any atom is 0.244 e. The van der Waals surface area contributed by atoms with Gasteiger partial charge in [-0.3, -0.25) is 24.2 Å². The first-order valence-electron chi connectivity index (χ1n) is 12.9. The van der Waals surface area contributed by atoms with Crippen molar-refractivity contribution in [2.75, 3.05) is 18.0 Å². The lowest BCUT2D eigenvalue weighted by molar-refractivity contribution is -0.134. The Morgan fingerprint density at radius 1 is 0.972 bits per heavy atom. The Bertz CT molecular complexity index is 1170. The van der Waals surface area contributed by atoms with Crippen LogP contribution in [-0.2, 0) is 29.2 Å². The third-order valence-electron chi connectivity index (χ3n) is 7.43. The van der Waals surface area contributed by atoms with E-state index in [4.69, 9.17) is 0 Å². The average molecular weight is 487 g/mol. The van der Waals surface area contributed by atoms with Gasteiger partial charge in [0.1, 0.15) is 6.54 Å². The summed E-state index contributed by atoms with van der Waals surface area (Å²) in [5.41, 5.74) is 2.93. The number of piperidine rings is 1. The minimum absolute atomic E-state index is 0.0275. The summed E-state index contributed by atoms with van der Waals surface area (Å²) in [5.74, 6) is 0.0572. The van der Waals surface area contributed by atoms with Gasteiger partial charge in [0, 0.05) is 69.5 Å². The van der Waals surface area contributed by atoms with Gasteiger partial charge in [0.05, 0.1) is 5.69 Å². The van der Waals surface area contributed by atoms with Crippen molar-refractivity contribution in [2.24, 2.45) is 0 Å². The lowest BCUT2D eigenvalue weighted by Gasteiger charge is -2.44. The SMILES string of the molecule is CC(=O)N1CCC2CCCC(CN(C(=O)Cn3cccn3)Cc3ccccc31)N2Cc1ccccn1. The van der Waals surface area contributed by atoms with Gasteiger partial charge < -0.3 is 9.80 Å². The molecule has 2 unspecified atom stereocenters. The van der Waals surface area contributed by atoms with Gasteiger partial charge in [0.25, 0.3) is 0 Å². The van der Waals surface area contributed by atoms with Crippen molar-refractivity contribution >= 4 is 17.5 Å². The Morgan fingerprint density at radius 2 is 1.81 bits per heavy atom. The molecule has 8 heteroatoms. The van der Waals surface area contributed by atoms with Crippen LogP contribution in [0.2, 0.25) is 0 Å². The Kier molecular flexibility index (Phi) is 7.41. The van der Waals surface area contributed by atoms with E-state index in [2.05, 4.69) is 21.0 Å². The number of aromatic nitrogens is 3. The highest BCUT2D eigenvalue weighted by molar-refractivity contribution is 5.92. The van der Waals surface area contributed by atoms with E-state index >= 15 is 0 Å². The summed E-state index contributed by atoms with van der Waals surface area (Å²) in [7, 11) is 0.